The van der Waals surface area contributed by atoms with Crippen molar-refractivity contribution in [3.05, 3.63) is 59.2 Å². The van der Waals surface area contributed by atoms with Crippen LogP contribution in [0.15, 0.2) is 36.7 Å². The Bertz CT molecular complexity index is 1030. The smallest absolute Gasteiger partial charge is 0.407 e. The van der Waals surface area contributed by atoms with Crippen molar-refractivity contribution in [1.29, 1.82) is 0 Å². The molecule has 2 aromatic rings. The van der Waals surface area contributed by atoms with Crippen LogP contribution in [0.1, 0.15) is 100 Å². The lowest BCUT2D eigenvalue weighted by molar-refractivity contribution is -0.00701. The van der Waals surface area contributed by atoms with Gasteiger partial charge in [-0.15, -0.1) is 0 Å². The molecule has 2 fully saturated rings. The van der Waals surface area contributed by atoms with Crippen molar-refractivity contribution in [3.8, 4) is 0 Å². The number of carbonyl (C=O) groups excluding carboxylic acids is 1. The van der Waals surface area contributed by atoms with Gasteiger partial charge in [0.05, 0.1) is 42.2 Å². The number of carbonyl (C=O) groups is 1. The fraction of sp³-hybridized carbons (Fsp3) is 0.656. The van der Waals surface area contributed by atoms with E-state index in [4.69, 9.17) is 19.4 Å². The number of aromatic nitrogens is 2. The van der Waals surface area contributed by atoms with E-state index in [2.05, 4.69) is 41.5 Å². The van der Waals surface area contributed by atoms with Crippen molar-refractivity contribution in [2.75, 3.05) is 26.2 Å². The number of piperidine rings is 1. The Kier molecular flexibility index (Phi) is 10.9. The van der Waals surface area contributed by atoms with E-state index in [0.717, 1.165) is 58.2 Å². The predicted octanol–water partition coefficient (Wildman–Crippen LogP) is 5.80. The van der Waals surface area contributed by atoms with Gasteiger partial charge in [-0.3, -0.25) is 14.9 Å². The largest absolute Gasteiger partial charge is 0.444 e. The number of unbranched alkanes of at least 4 members (excludes halogenated alkanes) is 1. The van der Waals surface area contributed by atoms with E-state index >= 15 is 0 Å². The summed E-state index contributed by atoms with van der Waals surface area (Å²) in [5, 5.41) is 6.53. The lowest BCUT2D eigenvalue weighted by Crippen LogP contribution is -2.46. The Morgan fingerprint density at radius 2 is 1.65 bits per heavy atom. The number of rotatable bonds is 10. The molecule has 0 spiro atoms. The summed E-state index contributed by atoms with van der Waals surface area (Å²) in [6, 6.07) is 9.10. The highest BCUT2D eigenvalue weighted by atomic mass is 16.6. The minimum absolute atomic E-state index is 0.0158. The molecule has 0 unspecified atom stereocenters. The van der Waals surface area contributed by atoms with Crippen LogP contribution < -0.4 is 10.6 Å². The summed E-state index contributed by atoms with van der Waals surface area (Å²) in [5.74, 6) is 0. The number of hydrogen-bond acceptors (Lipinski definition) is 7. The summed E-state index contributed by atoms with van der Waals surface area (Å²) in [7, 11) is 0. The summed E-state index contributed by atoms with van der Waals surface area (Å²) in [5.41, 5.74) is 4.49. The van der Waals surface area contributed by atoms with Gasteiger partial charge in [0.2, 0.25) is 0 Å². The van der Waals surface area contributed by atoms with Crippen molar-refractivity contribution in [3.63, 3.8) is 0 Å². The zero-order chi connectivity index (χ0) is 28.5. The SMILES string of the molecule is Cc1cccnc1[C@H]1CCC[C@@H](c2ncccc2C)N1CCCCNC[C@@H]1CC[C@@H](NC(=O)OC(C)(C)C)CO1. The molecule has 4 atom stereocenters. The fourth-order valence-electron chi connectivity index (χ4n) is 6.01. The normalized spacial score (nSPS) is 24.0. The summed E-state index contributed by atoms with van der Waals surface area (Å²) in [6.45, 7) is 13.4. The number of nitrogens with zero attached hydrogens (tertiary/aromatic N) is 3. The molecule has 2 aliphatic heterocycles. The maximum absolute atomic E-state index is 12.0. The van der Waals surface area contributed by atoms with Gasteiger partial charge >= 0.3 is 6.09 Å². The quantitative estimate of drug-likeness (QED) is 0.361. The van der Waals surface area contributed by atoms with Crippen LogP contribution in [0.3, 0.4) is 0 Å². The molecule has 0 aliphatic carbocycles. The van der Waals surface area contributed by atoms with Crippen LogP contribution >= 0.6 is 0 Å². The first kappa shape index (κ1) is 30.4. The number of nitrogens with one attached hydrogen (secondary N) is 2. The number of pyridine rings is 2. The van der Waals surface area contributed by atoms with Gasteiger partial charge < -0.3 is 20.1 Å². The molecule has 0 aromatic carbocycles. The molecule has 8 nitrogen and oxygen atoms in total. The van der Waals surface area contributed by atoms with Gasteiger partial charge in [0.15, 0.2) is 0 Å². The summed E-state index contributed by atoms with van der Waals surface area (Å²) in [4.78, 5) is 24.4. The molecule has 0 bridgehead atoms. The summed E-state index contributed by atoms with van der Waals surface area (Å²) in [6.07, 6.45) is 11.2. The molecule has 0 radical (unpaired) electrons. The number of ether oxygens (including phenoxy) is 2. The van der Waals surface area contributed by atoms with Crippen LogP contribution in [0.2, 0.25) is 0 Å². The van der Waals surface area contributed by atoms with Crippen LogP contribution in [0, 0.1) is 13.8 Å². The predicted molar refractivity (Wildman–Crippen MR) is 158 cm³/mol. The molecule has 1 amide bonds. The van der Waals surface area contributed by atoms with Gasteiger partial charge in [0.1, 0.15) is 5.60 Å². The first-order chi connectivity index (χ1) is 19.2. The third-order valence-corrected chi connectivity index (χ3v) is 7.97. The molecule has 4 rings (SSSR count). The second-order valence-electron chi connectivity index (χ2n) is 12.4. The van der Waals surface area contributed by atoms with Crippen molar-refractivity contribution >= 4 is 6.09 Å². The Morgan fingerprint density at radius 1 is 1.00 bits per heavy atom. The number of aryl methyl sites for hydroxylation is 2. The average Bonchev–Trinajstić information content (AvgIpc) is 2.91. The van der Waals surface area contributed by atoms with Crippen LogP contribution in [0.4, 0.5) is 4.79 Å². The zero-order valence-corrected chi connectivity index (χ0v) is 25.1. The lowest BCUT2D eigenvalue weighted by Gasteiger charge is -2.42. The molecule has 40 heavy (non-hydrogen) atoms. The van der Waals surface area contributed by atoms with E-state index in [-0.39, 0.29) is 18.2 Å². The summed E-state index contributed by atoms with van der Waals surface area (Å²) >= 11 is 0. The standard InChI is InChI=1S/C32H49N5O3/c1-23-11-9-18-34-29(23)27-13-8-14-28(30-24(2)12-10-19-35-30)37(27)20-7-6-17-33-21-26-16-15-25(22-39-26)36-31(38)40-32(3,4)5/h9-12,18-19,25-28,33H,6-8,13-17,20-22H2,1-5H3,(H,36,38)/t25-,26+,27-,28+/m1/s1. The summed E-state index contributed by atoms with van der Waals surface area (Å²) < 4.78 is 11.4. The number of hydrogen-bond donors (Lipinski definition) is 2. The number of amides is 1. The molecule has 2 aromatic heterocycles. The van der Waals surface area contributed by atoms with Crippen molar-refractivity contribution < 1.29 is 14.3 Å². The molecule has 8 heteroatoms. The van der Waals surface area contributed by atoms with E-state index in [0.29, 0.717) is 18.7 Å². The number of likely N-dealkylation sites (tertiary alicyclic amines) is 1. The van der Waals surface area contributed by atoms with E-state index in [1.807, 2.05) is 45.3 Å². The monoisotopic (exact) mass is 551 g/mol. The van der Waals surface area contributed by atoms with Gasteiger partial charge in [0.25, 0.3) is 0 Å². The fourth-order valence-corrected chi connectivity index (χ4v) is 6.01. The molecule has 0 saturated carbocycles. The Morgan fingerprint density at radius 3 is 2.20 bits per heavy atom. The van der Waals surface area contributed by atoms with Gasteiger partial charge in [-0.25, -0.2) is 4.79 Å². The molecular weight excluding hydrogens is 502 g/mol. The Balaban J connectivity index is 1.23. The van der Waals surface area contributed by atoms with Gasteiger partial charge in [0, 0.05) is 18.9 Å². The minimum atomic E-state index is -0.489. The Hall–Kier alpha value is -2.55. The van der Waals surface area contributed by atoms with E-state index in [1.165, 1.54) is 28.9 Å². The van der Waals surface area contributed by atoms with Crippen molar-refractivity contribution in [1.82, 2.24) is 25.5 Å². The van der Waals surface area contributed by atoms with Crippen LogP contribution in [-0.4, -0.2) is 64.9 Å². The van der Waals surface area contributed by atoms with Crippen LogP contribution in [0.25, 0.3) is 0 Å². The molecule has 2 aliphatic rings. The second-order valence-corrected chi connectivity index (χ2v) is 12.4. The highest BCUT2D eigenvalue weighted by molar-refractivity contribution is 5.68. The highest BCUT2D eigenvalue weighted by Crippen LogP contribution is 2.42. The van der Waals surface area contributed by atoms with Gasteiger partial charge in [-0.1, -0.05) is 12.1 Å². The number of alkyl carbamates (subject to hydrolysis) is 1. The molecular formula is C32H49N5O3. The van der Waals surface area contributed by atoms with E-state index in [1.54, 1.807) is 0 Å². The van der Waals surface area contributed by atoms with Crippen molar-refractivity contribution in [2.24, 2.45) is 0 Å². The molecule has 220 valence electrons. The van der Waals surface area contributed by atoms with Crippen LogP contribution in [-0.2, 0) is 9.47 Å². The van der Waals surface area contributed by atoms with E-state index < -0.39 is 5.60 Å². The minimum Gasteiger partial charge on any atom is -0.444 e. The molecule has 4 heterocycles. The van der Waals surface area contributed by atoms with E-state index in [9.17, 15) is 4.79 Å². The maximum Gasteiger partial charge on any atom is 0.407 e. The van der Waals surface area contributed by atoms with Gasteiger partial charge in [-0.05, 0) is 116 Å². The maximum atomic E-state index is 12.0. The second kappa shape index (κ2) is 14.4. The topological polar surface area (TPSA) is 88.6 Å². The lowest BCUT2D eigenvalue weighted by atomic mass is 9.88. The first-order valence-corrected chi connectivity index (χ1v) is 15.1. The first-order valence-electron chi connectivity index (χ1n) is 15.1. The third-order valence-electron chi connectivity index (χ3n) is 7.97. The zero-order valence-electron chi connectivity index (χ0n) is 25.1. The van der Waals surface area contributed by atoms with Gasteiger partial charge in [-0.2, -0.15) is 0 Å². The highest BCUT2D eigenvalue weighted by Gasteiger charge is 2.35. The molecule has 2 N–H and O–H groups in total. The molecule has 2 saturated heterocycles. The average molecular weight is 552 g/mol. The Labute approximate surface area is 240 Å². The third kappa shape index (κ3) is 8.72. The van der Waals surface area contributed by atoms with Crippen molar-refractivity contribution in [2.45, 2.75) is 109 Å². The van der Waals surface area contributed by atoms with Crippen LogP contribution in [0.5, 0.6) is 0 Å².